The number of hydrogen-bond donors (Lipinski definition) is 1. The van der Waals surface area contributed by atoms with Gasteiger partial charge in [-0.25, -0.2) is 4.79 Å². The van der Waals surface area contributed by atoms with E-state index in [9.17, 15) is 9.59 Å². The summed E-state index contributed by atoms with van der Waals surface area (Å²) in [6.07, 6.45) is 2.96. The van der Waals surface area contributed by atoms with Crippen LogP contribution in [0.15, 0.2) is 11.6 Å². The molecule has 1 rings (SSSR count). The Morgan fingerprint density at radius 1 is 1.53 bits per heavy atom. The first-order valence-corrected chi connectivity index (χ1v) is 5.84. The number of hydrogen-bond acceptors (Lipinski definition) is 2. The predicted molar refractivity (Wildman–Crippen MR) is 64.8 cm³/mol. The maximum atomic E-state index is 12.2. The van der Waals surface area contributed by atoms with Gasteiger partial charge in [-0.05, 0) is 27.2 Å². The van der Waals surface area contributed by atoms with Crippen molar-refractivity contribution >= 4 is 12.0 Å². The molecule has 5 nitrogen and oxygen atoms in total. The number of carbonyl (C=O) groups is 2. The Morgan fingerprint density at radius 2 is 2.18 bits per heavy atom. The highest BCUT2D eigenvalue weighted by molar-refractivity contribution is 5.80. The van der Waals surface area contributed by atoms with Crippen LogP contribution in [0.5, 0.6) is 0 Å². The van der Waals surface area contributed by atoms with Crippen molar-refractivity contribution in [3.63, 3.8) is 0 Å². The molecule has 0 saturated heterocycles. The van der Waals surface area contributed by atoms with Crippen LogP contribution in [0, 0.1) is 0 Å². The van der Waals surface area contributed by atoms with Gasteiger partial charge in [0.15, 0.2) is 0 Å². The molecule has 0 radical (unpaired) electrons. The average molecular weight is 240 g/mol. The Bertz CT molecular complexity index is 337. The Labute approximate surface area is 102 Å². The topological polar surface area (TPSA) is 60.9 Å². The Hall–Kier alpha value is -1.52. The molecule has 1 heterocycles. The fraction of sp³-hybridized carbons (Fsp3) is 0.667. The number of aliphatic carboxylic acids is 1. The third kappa shape index (κ3) is 3.76. The number of urea groups is 1. The van der Waals surface area contributed by atoms with Gasteiger partial charge in [0.1, 0.15) is 6.54 Å². The van der Waals surface area contributed by atoms with Gasteiger partial charge in [0.05, 0.1) is 0 Å². The van der Waals surface area contributed by atoms with E-state index >= 15 is 0 Å². The first kappa shape index (κ1) is 13.5. The van der Waals surface area contributed by atoms with Crippen LogP contribution in [0.2, 0.25) is 0 Å². The Balaban J connectivity index is 2.71. The molecule has 0 aliphatic carbocycles. The molecule has 0 saturated carbocycles. The fourth-order valence-electron chi connectivity index (χ4n) is 1.87. The van der Waals surface area contributed by atoms with Crippen molar-refractivity contribution in [1.82, 2.24) is 9.80 Å². The number of amides is 2. The highest BCUT2D eigenvalue weighted by Crippen LogP contribution is 2.12. The molecule has 0 fully saturated rings. The fourth-order valence-corrected chi connectivity index (χ4v) is 1.87. The molecule has 2 amide bonds. The van der Waals surface area contributed by atoms with Crippen LogP contribution < -0.4 is 0 Å². The number of rotatable bonds is 3. The summed E-state index contributed by atoms with van der Waals surface area (Å²) in [6.45, 7) is 6.66. The van der Waals surface area contributed by atoms with E-state index in [1.165, 1.54) is 4.90 Å². The molecule has 0 aromatic rings. The van der Waals surface area contributed by atoms with Gasteiger partial charge < -0.3 is 14.9 Å². The molecule has 5 heteroatoms. The molecule has 0 atom stereocenters. The van der Waals surface area contributed by atoms with E-state index < -0.39 is 5.97 Å². The molecule has 96 valence electrons. The lowest BCUT2D eigenvalue weighted by molar-refractivity contribution is -0.138. The van der Waals surface area contributed by atoms with Crippen LogP contribution >= 0.6 is 0 Å². The maximum absolute atomic E-state index is 12.2. The van der Waals surface area contributed by atoms with Gasteiger partial charge in [0.2, 0.25) is 0 Å². The summed E-state index contributed by atoms with van der Waals surface area (Å²) >= 11 is 0. The van der Waals surface area contributed by atoms with E-state index in [4.69, 9.17) is 5.11 Å². The molecule has 17 heavy (non-hydrogen) atoms. The first-order chi connectivity index (χ1) is 7.91. The molecular weight excluding hydrogens is 220 g/mol. The Morgan fingerprint density at radius 3 is 2.65 bits per heavy atom. The third-order valence-electron chi connectivity index (χ3n) is 2.78. The van der Waals surface area contributed by atoms with Crippen molar-refractivity contribution in [3.8, 4) is 0 Å². The van der Waals surface area contributed by atoms with Crippen LogP contribution in [-0.4, -0.2) is 52.6 Å². The number of carboxylic acid groups (broad SMARTS) is 1. The van der Waals surface area contributed by atoms with Gasteiger partial charge in [0.25, 0.3) is 0 Å². The van der Waals surface area contributed by atoms with Gasteiger partial charge in [0, 0.05) is 19.1 Å². The molecule has 0 aromatic heterocycles. The van der Waals surface area contributed by atoms with Crippen LogP contribution in [-0.2, 0) is 4.79 Å². The van der Waals surface area contributed by atoms with Crippen molar-refractivity contribution in [2.45, 2.75) is 33.2 Å². The standard InChI is InChI=1S/C12H20N2O3/c1-9(2)14(8-11(15)16)12(17)13-6-4-5-10(3)7-13/h5,9H,4,6-8H2,1-3H3,(H,15,16). The largest absolute Gasteiger partial charge is 0.480 e. The molecule has 0 bridgehead atoms. The number of carboxylic acids is 1. The van der Waals surface area contributed by atoms with E-state index in [1.54, 1.807) is 4.90 Å². The van der Waals surface area contributed by atoms with Gasteiger partial charge >= 0.3 is 12.0 Å². The maximum Gasteiger partial charge on any atom is 0.323 e. The summed E-state index contributed by atoms with van der Waals surface area (Å²) in [4.78, 5) is 26.0. The lowest BCUT2D eigenvalue weighted by atomic mass is 10.1. The van der Waals surface area contributed by atoms with Crippen molar-refractivity contribution in [1.29, 1.82) is 0 Å². The highest BCUT2D eigenvalue weighted by Gasteiger charge is 2.25. The zero-order valence-electron chi connectivity index (χ0n) is 10.6. The molecule has 0 aromatic carbocycles. The smallest absolute Gasteiger partial charge is 0.323 e. The van der Waals surface area contributed by atoms with Crippen molar-refractivity contribution < 1.29 is 14.7 Å². The van der Waals surface area contributed by atoms with Crippen molar-refractivity contribution in [3.05, 3.63) is 11.6 Å². The van der Waals surface area contributed by atoms with E-state index in [1.807, 2.05) is 20.8 Å². The molecule has 1 N–H and O–H groups in total. The predicted octanol–water partition coefficient (Wildman–Crippen LogP) is 1.55. The second-order valence-corrected chi connectivity index (χ2v) is 4.66. The summed E-state index contributed by atoms with van der Waals surface area (Å²) in [5, 5.41) is 8.81. The summed E-state index contributed by atoms with van der Waals surface area (Å²) in [5.41, 5.74) is 1.16. The molecule has 1 aliphatic rings. The van der Waals surface area contributed by atoms with Crippen LogP contribution in [0.4, 0.5) is 4.79 Å². The summed E-state index contributed by atoms with van der Waals surface area (Å²) in [7, 11) is 0. The normalized spacial score (nSPS) is 15.8. The minimum absolute atomic E-state index is 0.107. The zero-order chi connectivity index (χ0) is 13.0. The minimum atomic E-state index is -0.976. The van der Waals surface area contributed by atoms with Crippen LogP contribution in [0.25, 0.3) is 0 Å². The van der Waals surface area contributed by atoms with Gasteiger partial charge in [-0.15, -0.1) is 0 Å². The van der Waals surface area contributed by atoms with E-state index in [-0.39, 0.29) is 18.6 Å². The second kappa shape index (κ2) is 5.70. The highest BCUT2D eigenvalue weighted by atomic mass is 16.4. The molecule has 0 unspecified atom stereocenters. The first-order valence-electron chi connectivity index (χ1n) is 5.84. The van der Waals surface area contributed by atoms with Crippen LogP contribution in [0.1, 0.15) is 27.2 Å². The summed E-state index contributed by atoms with van der Waals surface area (Å²) in [6, 6.07) is -0.292. The SMILES string of the molecule is CC1=CCCN(C(=O)N(CC(=O)O)C(C)C)C1. The van der Waals surface area contributed by atoms with Crippen molar-refractivity contribution in [2.75, 3.05) is 19.6 Å². The van der Waals surface area contributed by atoms with Crippen LogP contribution in [0.3, 0.4) is 0 Å². The monoisotopic (exact) mass is 240 g/mol. The van der Waals surface area contributed by atoms with Gasteiger partial charge in [-0.3, -0.25) is 4.79 Å². The van der Waals surface area contributed by atoms with E-state index in [0.717, 1.165) is 12.0 Å². The molecular formula is C12H20N2O3. The quantitative estimate of drug-likeness (QED) is 0.761. The second-order valence-electron chi connectivity index (χ2n) is 4.66. The zero-order valence-corrected chi connectivity index (χ0v) is 10.6. The number of nitrogens with zero attached hydrogens (tertiary/aromatic N) is 2. The van der Waals surface area contributed by atoms with Crippen molar-refractivity contribution in [2.24, 2.45) is 0 Å². The van der Waals surface area contributed by atoms with Gasteiger partial charge in [-0.1, -0.05) is 11.6 Å². The average Bonchev–Trinajstić information content (AvgIpc) is 2.24. The minimum Gasteiger partial charge on any atom is -0.480 e. The summed E-state index contributed by atoms with van der Waals surface area (Å²) in [5.74, 6) is -0.976. The molecule has 1 aliphatic heterocycles. The van der Waals surface area contributed by atoms with E-state index in [0.29, 0.717) is 13.1 Å². The number of carbonyl (C=O) groups excluding carboxylic acids is 1. The lowest BCUT2D eigenvalue weighted by Gasteiger charge is -2.34. The van der Waals surface area contributed by atoms with Gasteiger partial charge in [-0.2, -0.15) is 0 Å². The summed E-state index contributed by atoms with van der Waals surface area (Å²) < 4.78 is 0. The van der Waals surface area contributed by atoms with E-state index in [2.05, 4.69) is 6.08 Å². The Kier molecular flexibility index (Phi) is 4.54. The molecule has 0 spiro atoms. The third-order valence-corrected chi connectivity index (χ3v) is 2.78. The lowest BCUT2D eigenvalue weighted by Crippen LogP contribution is -2.49.